The zero-order chi connectivity index (χ0) is 14.6. The van der Waals surface area contributed by atoms with E-state index < -0.39 is 12.1 Å². The van der Waals surface area contributed by atoms with Crippen molar-refractivity contribution in [1.82, 2.24) is 10.2 Å². The number of H-pyrrole nitrogens is 1. The third-order valence-electron chi connectivity index (χ3n) is 2.35. The topological polar surface area (TPSA) is 57.8 Å². The second kappa shape index (κ2) is 5.60. The molecule has 0 bridgehead atoms. The van der Waals surface area contributed by atoms with Gasteiger partial charge in [-0.05, 0) is 11.6 Å². The van der Waals surface area contributed by atoms with E-state index in [0.717, 1.165) is 5.56 Å². The Morgan fingerprint density at radius 2 is 1.90 bits per heavy atom. The molecule has 7 heteroatoms. The lowest BCUT2D eigenvalue weighted by Crippen LogP contribution is -2.30. The van der Waals surface area contributed by atoms with Crippen molar-refractivity contribution in [3.05, 3.63) is 47.7 Å². The van der Waals surface area contributed by atoms with E-state index in [4.69, 9.17) is 0 Å². The Kier molecular flexibility index (Phi) is 3.88. The molecule has 0 aliphatic carbocycles. The van der Waals surface area contributed by atoms with E-state index >= 15 is 0 Å². The number of hydrogen-bond donors (Lipinski definition) is 2. The second-order valence-electron chi connectivity index (χ2n) is 3.90. The van der Waals surface area contributed by atoms with Gasteiger partial charge in [0.25, 0.3) is 0 Å². The maximum Gasteiger partial charge on any atom is 0.471 e. The van der Waals surface area contributed by atoms with Crippen molar-refractivity contribution in [3.8, 4) is 0 Å². The molecule has 0 aliphatic rings. The SMILES string of the molecule is O=C(Nc1cc(/C=C/c2ccccc2)[nH]n1)C(F)(F)F. The fourth-order valence-corrected chi connectivity index (χ4v) is 1.42. The van der Waals surface area contributed by atoms with E-state index in [1.807, 2.05) is 30.3 Å². The fourth-order valence-electron chi connectivity index (χ4n) is 1.42. The van der Waals surface area contributed by atoms with Gasteiger partial charge >= 0.3 is 12.1 Å². The first-order chi connectivity index (χ1) is 9.45. The number of aromatic nitrogens is 2. The normalized spacial score (nSPS) is 11.8. The molecule has 1 aromatic heterocycles. The molecule has 0 radical (unpaired) electrons. The molecule has 0 aliphatic heterocycles. The zero-order valence-corrected chi connectivity index (χ0v) is 10.1. The number of rotatable bonds is 3. The van der Waals surface area contributed by atoms with Gasteiger partial charge < -0.3 is 5.32 Å². The summed E-state index contributed by atoms with van der Waals surface area (Å²) in [5, 5.41) is 7.75. The van der Waals surface area contributed by atoms with Crippen LogP contribution in [0, 0.1) is 0 Å². The smallest absolute Gasteiger partial charge is 0.301 e. The predicted octanol–water partition coefficient (Wildman–Crippen LogP) is 3.08. The minimum Gasteiger partial charge on any atom is -0.301 e. The molecule has 0 atom stereocenters. The number of halogens is 3. The number of benzene rings is 1. The van der Waals surface area contributed by atoms with Gasteiger partial charge in [-0.3, -0.25) is 9.89 Å². The molecule has 0 saturated carbocycles. The van der Waals surface area contributed by atoms with E-state index in [9.17, 15) is 18.0 Å². The van der Waals surface area contributed by atoms with E-state index in [0.29, 0.717) is 5.69 Å². The summed E-state index contributed by atoms with van der Waals surface area (Å²) in [4.78, 5) is 10.7. The fraction of sp³-hybridized carbons (Fsp3) is 0.0769. The van der Waals surface area contributed by atoms with Crippen LogP contribution in [0.15, 0.2) is 36.4 Å². The summed E-state index contributed by atoms with van der Waals surface area (Å²) in [5.41, 5.74) is 1.41. The van der Waals surface area contributed by atoms with Crippen molar-refractivity contribution >= 4 is 23.9 Å². The van der Waals surface area contributed by atoms with Crippen molar-refractivity contribution in [2.75, 3.05) is 5.32 Å². The van der Waals surface area contributed by atoms with Gasteiger partial charge in [0.1, 0.15) is 0 Å². The molecule has 104 valence electrons. The average molecular weight is 281 g/mol. The van der Waals surface area contributed by atoms with Crippen LogP contribution in [0.4, 0.5) is 19.0 Å². The Morgan fingerprint density at radius 3 is 2.55 bits per heavy atom. The molecule has 4 nitrogen and oxygen atoms in total. The van der Waals surface area contributed by atoms with E-state index in [1.54, 1.807) is 17.5 Å². The van der Waals surface area contributed by atoms with E-state index in [1.165, 1.54) is 6.07 Å². The lowest BCUT2D eigenvalue weighted by molar-refractivity contribution is -0.167. The van der Waals surface area contributed by atoms with Gasteiger partial charge in [-0.25, -0.2) is 0 Å². The summed E-state index contributed by atoms with van der Waals surface area (Å²) in [6.07, 6.45) is -1.52. The number of aromatic amines is 1. The van der Waals surface area contributed by atoms with Crippen LogP contribution < -0.4 is 5.32 Å². The Morgan fingerprint density at radius 1 is 1.20 bits per heavy atom. The molecule has 0 unspecified atom stereocenters. The van der Waals surface area contributed by atoms with Crippen molar-refractivity contribution in [2.24, 2.45) is 0 Å². The summed E-state index contributed by atoms with van der Waals surface area (Å²) in [7, 11) is 0. The molecule has 0 fully saturated rings. The van der Waals surface area contributed by atoms with Crippen molar-refractivity contribution in [2.45, 2.75) is 6.18 Å². The van der Waals surface area contributed by atoms with Crippen LogP contribution in [0.1, 0.15) is 11.3 Å². The molecular weight excluding hydrogens is 271 g/mol. The van der Waals surface area contributed by atoms with Crippen LogP contribution in [0.5, 0.6) is 0 Å². The molecule has 1 amide bonds. The predicted molar refractivity (Wildman–Crippen MR) is 68.6 cm³/mol. The number of carbonyl (C=O) groups is 1. The van der Waals surface area contributed by atoms with Gasteiger partial charge in [0, 0.05) is 6.07 Å². The Balaban J connectivity index is 2.03. The number of nitrogens with zero attached hydrogens (tertiary/aromatic N) is 1. The summed E-state index contributed by atoms with van der Waals surface area (Å²) in [6, 6.07) is 10.7. The molecule has 1 heterocycles. The third-order valence-corrected chi connectivity index (χ3v) is 2.35. The quantitative estimate of drug-likeness (QED) is 0.908. The van der Waals surface area contributed by atoms with Crippen LogP contribution >= 0.6 is 0 Å². The van der Waals surface area contributed by atoms with E-state index in [-0.39, 0.29) is 5.82 Å². The van der Waals surface area contributed by atoms with Crippen LogP contribution in [0.3, 0.4) is 0 Å². The molecule has 2 rings (SSSR count). The number of anilines is 1. The van der Waals surface area contributed by atoms with Gasteiger partial charge in [0.2, 0.25) is 0 Å². The first kappa shape index (κ1) is 13.9. The van der Waals surface area contributed by atoms with E-state index in [2.05, 4.69) is 10.2 Å². The van der Waals surface area contributed by atoms with Gasteiger partial charge in [-0.15, -0.1) is 0 Å². The van der Waals surface area contributed by atoms with Crippen molar-refractivity contribution in [1.29, 1.82) is 0 Å². The minimum absolute atomic E-state index is 0.181. The highest BCUT2D eigenvalue weighted by Crippen LogP contribution is 2.18. The van der Waals surface area contributed by atoms with Gasteiger partial charge in [0.15, 0.2) is 5.82 Å². The average Bonchev–Trinajstić information content (AvgIpc) is 2.84. The summed E-state index contributed by atoms with van der Waals surface area (Å²) >= 11 is 0. The summed E-state index contributed by atoms with van der Waals surface area (Å²) in [5.74, 6) is -2.23. The van der Waals surface area contributed by atoms with Crippen molar-refractivity contribution in [3.63, 3.8) is 0 Å². The molecule has 20 heavy (non-hydrogen) atoms. The van der Waals surface area contributed by atoms with Crippen LogP contribution in [-0.4, -0.2) is 22.3 Å². The second-order valence-corrected chi connectivity index (χ2v) is 3.90. The largest absolute Gasteiger partial charge is 0.471 e. The number of alkyl halides is 3. The van der Waals surface area contributed by atoms with Gasteiger partial charge in [-0.1, -0.05) is 36.4 Å². The highest BCUT2D eigenvalue weighted by Gasteiger charge is 2.39. The highest BCUT2D eigenvalue weighted by molar-refractivity contribution is 5.94. The van der Waals surface area contributed by atoms with Crippen LogP contribution in [-0.2, 0) is 4.79 Å². The minimum atomic E-state index is -4.93. The molecular formula is C13H10F3N3O. The lowest BCUT2D eigenvalue weighted by atomic mass is 10.2. The number of amides is 1. The zero-order valence-electron chi connectivity index (χ0n) is 10.1. The molecule has 0 spiro atoms. The number of hydrogen-bond acceptors (Lipinski definition) is 2. The van der Waals surface area contributed by atoms with Crippen molar-refractivity contribution < 1.29 is 18.0 Å². The Labute approximate surface area is 112 Å². The molecule has 1 aromatic carbocycles. The molecule has 0 saturated heterocycles. The standard InChI is InChI=1S/C13H10F3N3O/c14-13(15,16)12(20)17-11-8-10(18-19-11)7-6-9-4-2-1-3-5-9/h1-8H,(H2,17,18,19,20)/b7-6+. The monoisotopic (exact) mass is 281 g/mol. The van der Waals surface area contributed by atoms with Gasteiger partial charge in [0.05, 0.1) is 5.69 Å². The van der Waals surface area contributed by atoms with Crippen LogP contribution in [0.2, 0.25) is 0 Å². The first-order valence-corrected chi connectivity index (χ1v) is 5.62. The number of carbonyl (C=O) groups excluding carboxylic acids is 1. The first-order valence-electron chi connectivity index (χ1n) is 5.62. The van der Waals surface area contributed by atoms with Gasteiger partial charge in [-0.2, -0.15) is 18.3 Å². The summed E-state index contributed by atoms with van der Waals surface area (Å²) < 4.78 is 36.1. The number of nitrogens with one attached hydrogen (secondary N) is 2. The summed E-state index contributed by atoms with van der Waals surface area (Å²) in [6.45, 7) is 0. The Hall–Kier alpha value is -2.57. The Bertz CT molecular complexity index is 617. The highest BCUT2D eigenvalue weighted by atomic mass is 19.4. The third kappa shape index (κ3) is 3.71. The van der Waals surface area contributed by atoms with Crippen LogP contribution in [0.25, 0.3) is 12.2 Å². The molecule has 2 N–H and O–H groups in total. The maximum absolute atomic E-state index is 12.0. The lowest BCUT2D eigenvalue weighted by Gasteiger charge is -2.03. The maximum atomic E-state index is 12.0. The molecule has 2 aromatic rings.